The summed E-state index contributed by atoms with van der Waals surface area (Å²) in [5, 5.41) is 11.4. The third kappa shape index (κ3) is 6.97. The van der Waals surface area contributed by atoms with Crippen LogP contribution in [0.3, 0.4) is 0 Å². The quantitative estimate of drug-likeness (QED) is 0.745. The van der Waals surface area contributed by atoms with Gasteiger partial charge in [0.25, 0.3) is 0 Å². The van der Waals surface area contributed by atoms with Crippen molar-refractivity contribution in [2.24, 2.45) is 0 Å². The number of rotatable bonds is 8. The molecular weight excluding hydrogens is 273 g/mol. The van der Waals surface area contributed by atoms with E-state index in [1.807, 2.05) is 18.2 Å². The SMILES string of the molecule is N#CCOc1ccccc1CNCCOCC(F)(F)F. The Kier molecular flexibility index (Phi) is 6.84. The zero-order valence-corrected chi connectivity index (χ0v) is 10.7. The second-order valence-corrected chi connectivity index (χ2v) is 3.90. The second kappa shape index (κ2) is 8.40. The van der Waals surface area contributed by atoms with E-state index in [0.717, 1.165) is 5.56 Å². The van der Waals surface area contributed by atoms with Gasteiger partial charge in [-0.05, 0) is 6.07 Å². The first-order chi connectivity index (χ1) is 9.53. The highest BCUT2D eigenvalue weighted by Crippen LogP contribution is 2.17. The van der Waals surface area contributed by atoms with E-state index in [9.17, 15) is 13.2 Å². The number of nitriles is 1. The molecule has 110 valence electrons. The minimum atomic E-state index is -4.29. The number of halogens is 3. The van der Waals surface area contributed by atoms with Gasteiger partial charge in [0.15, 0.2) is 6.61 Å². The van der Waals surface area contributed by atoms with Crippen LogP contribution in [0.2, 0.25) is 0 Å². The Hall–Kier alpha value is -1.78. The van der Waals surface area contributed by atoms with Gasteiger partial charge in [-0.2, -0.15) is 18.4 Å². The Morgan fingerprint density at radius 2 is 2.00 bits per heavy atom. The molecule has 20 heavy (non-hydrogen) atoms. The monoisotopic (exact) mass is 288 g/mol. The second-order valence-electron chi connectivity index (χ2n) is 3.90. The van der Waals surface area contributed by atoms with E-state index >= 15 is 0 Å². The van der Waals surface area contributed by atoms with E-state index in [4.69, 9.17) is 10.00 Å². The smallest absolute Gasteiger partial charge is 0.411 e. The van der Waals surface area contributed by atoms with Crippen LogP contribution in [0.15, 0.2) is 24.3 Å². The molecule has 4 nitrogen and oxygen atoms in total. The van der Waals surface area contributed by atoms with Crippen molar-refractivity contribution >= 4 is 0 Å². The molecule has 1 rings (SSSR count). The number of benzene rings is 1. The molecule has 0 radical (unpaired) electrons. The van der Waals surface area contributed by atoms with E-state index in [1.54, 1.807) is 12.1 Å². The van der Waals surface area contributed by atoms with Crippen molar-refractivity contribution in [2.75, 3.05) is 26.4 Å². The lowest BCUT2D eigenvalue weighted by Gasteiger charge is -2.11. The van der Waals surface area contributed by atoms with Crippen LogP contribution in [-0.4, -0.2) is 32.5 Å². The molecule has 0 spiro atoms. The van der Waals surface area contributed by atoms with Crippen LogP contribution < -0.4 is 10.1 Å². The van der Waals surface area contributed by atoms with E-state index in [1.165, 1.54) is 0 Å². The number of ether oxygens (including phenoxy) is 2. The van der Waals surface area contributed by atoms with Gasteiger partial charge in [0.1, 0.15) is 18.4 Å². The van der Waals surface area contributed by atoms with E-state index in [2.05, 4.69) is 10.1 Å². The summed E-state index contributed by atoms with van der Waals surface area (Å²) in [5.41, 5.74) is 0.832. The van der Waals surface area contributed by atoms with Crippen LogP contribution in [0.5, 0.6) is 5.75 Å². The number of hydrogen-bond donors (Lipinski definition) is 1. The van der Waals surface area contributed by atoms with Gasteiger partial charge < -0.3 is 14.8 Å². The fraction of sp³-hybridized carbons (Fsp3) is 0.462. The standard InChI is InChI=1S/C13H15F3N2O2/c14-13(15,16)10-19-8-6-18-9-11-3-1-2-4-12(11)20-7-5-17/h1-4,18H,6-10H2. The number of para-hydroxylation sites is 1. The molecule has 0 saturated carbocycles. The Bertz CT molecular complexity index is 444. The van der Waals surface area contributed by atoms with E-state index in [0.29, 0.717) is 18.8 Å². The predicted molar refractivity (Wildman–Crippen MR) is 66.1 cm³/mol. The van der Waals surface area contributed by atoms with Gasteiger partial charge >= 0.3 is 6.18 Å². The molecule has 0 heterocycles. The molecule has 0 aromatic heterocycles. The fourth-order valence-corrected chi connectivity index (χ4v) is 1.46. The minimum Gasteiger partial charge on any atom is -0.478 e. The molecule has 0 unspecified atom stereocenters. The van der Waals surface area contributed by atoms with Crippen molar-refractivity contribution in [3.63, 3.8) is 0 Å². The summed E-state index contributed by atoms with van der Waals surface area (Å²) >= 11 is 0. The lowest BCUT2D eigenvalue weighted by Crippen LogP contribution is -2.23. The highest BCUT2D eigenvalue weighted by Gasteiger charge is 2.27. The first-order valence-electron chi connectivity index (χ1n) is 5.96. The maximum absolute atomic E-state index is 11.8. The molecular formula is C13H15F3N2O2. The Labute approximate surface area is 115 Å². The van der Waals surface area contributed by atoms with Crippen molar-refractivity contribution in [2.45, 2.75) is 12.7 Å². The Balaban J connectivity index is 2.26. The number of alkyl halides is 3. The van der Waals surface area contributed by atoms with E-state index in [-0.39, 0.29) is 13.2 Å². The predicted octanol–water partition coefficient (Wildman–Crippen LogP) is 2.26. The molecule has 0 aliphatic heterocycles. The number of nitrogens with zero attached hydrogens (tertiary/aromatic N) is 1. The molecule has 7 heteroatoms. The normalized spacial score (nSPS) is 11.1. The molecule has 0 amide bonds. The van der Waals surface area contributed by atoms with Crippen LogP contribution in [0.25, 0.3) is 0 Å². The maximum atomic E-state index is 11.8. The highest BCUT2D eigenvalue weighted by atomic mass is 19.4. The molecule has 0 saturated heterocycles. The van der Waals surface area contributed by atoms with Crippen LogP contribution >= 0.6 is 0 Å². The van der Waals surface area contributed by atoms with Gasteiger partial charge in [-0.15, -0.1) is 0 Å². The van der Waals surface area contributed by atoms with Crippen LogP contribution in [-0.2, 0) is 11.3 Å². The first kappa shape index (κ1) is 16.3. The molecule has 1 aromatic rings. The lowest BCUT2D eigenvalue weighted by molar-refractivity contribution is -0.173. The number of hydrogen-bond acceptors (Lipinski definition) is 4. The average Bonchev–Trinajstić information content (AvgIpc) is 2.40. The molecule has 1 aromatic carbocycles. The van der Waals surface area contributed by atoms with Gasteiger partial charge in [0.05, 0.1) is 6.61 Å². The average molecular weight is 288 g/mol. The largest absolute Gasteiger partial charge is 0.478 e. The van der Waals surface area contributed by atoms with Crippen LogP contribution in [0, 0.1) is 11.3 Å². The summed E-state index contributed by atoms with van der Waals surface area (Å²) < 4.78 is 45.1. The van der Waals surface area contributed by atoms with Gasteiger partial charge in [-0.3, -0.25) is 0 Å². The summed E-state index contributed by atoms with van der Waals surface area (Å²) in [6, 6.07) is 9.02. The molecule has 0 bridgehead atoms. The third-order valence-corrected chi connectivity index (χ3v) is 2.27. The van der Waals surface area contributed by atoms with Crippen molar-refractivity contribution in [1.82, 2.24) is 5.32 Å². The van der Waals surface area contributed by atoms with Crippen molar-refractivity contribution in [3.8, 4) is 11.8 Å². The molecule has 0 aliphatic rings. The summed E-state index contributed by atoms with van der Waals surface area (Å²) in [5.74, 6) is 0.581. The van der Waals surface area contributed by atoms with Crippen molar-refractivity contribution in [3.05, 3.63) is 29.8 Å². The fourth-order valence-electron chi connectivity index (χ4n) is 1.46. The third-order valence-electron chi connectivity index (χ3n) is 2.27. The highest BCUT2D eigenvalue weighted by molar-refractivity contribution is 5.33. The van der Waals surface area contributed by atoms with Gasteiger partial charge in [-0.1, -0.05) is 18.2 Å². The lowest BCUT2D eigenvalue weighted by atomic mass is 10.2. The van der Waals surface area contributed by atoms with Crippen LogP contribution in [0.1, 0.15) is 5.56 Å². The molecule has 1 N–H and O–H groups in total. The topological polar surface area (TPSA) is 54.3 Å². The summed E-state index contributed by atoms with van der Waals surface area (Å²) in [4.78, 5) is 0. The van der Waals surface area contributed by atoms with Crippen molar-refractivity contribution < 1.29 is 22.6 Å². The zero-order valence-electron chi connectivity index (χ0n) is 10.7. The molecule has 0 aliphatic carbocycles. The summed E-state index contributed by atoms with van der Waals surface area (Å²) in [6.07, 6.45) is -4.29. The Morgan fingerprint density at radius 3 is 2.70 bits per heavy atom. The maximum Gasteiger partial charge on any atom is 0.411 e. The minimum absolute atomic E-state index is 0.0271. The van der Waals surface area contributed by atoms with Gasteiger partial charge in [0, 0.05) is 18.7 Å². The van der Waals surface area contributed by atoms with Crippen LogP contribution in [0.4, 0.5) is 13.2 Å². The Morgan fingerprint density at radius 1 is 1.25 bits per heavy atom. The first-order valence-corrected chi connectivity index (χ1v) is 5.96. The van der Waals surface area contributed by atoms with Gasteiger partial charge in [-0.25, -0.2) is 0 Å². The summed E-state index contributed by atoms with van der Waals surface area (Å²) in [6.45, 7) is -0.595. The van der Waals surface area contributed by atoms with E-state index < -0.39 is 12.8 Å². The van der Waals surface area contributed by atoms with Gasteiger partial charge in [0.2, 0.25) is 0 Å². The molecule has 0 atom stereocenters. The number of nitrogens with one attached hydrogen (secondary N) is 1. The summed E-state index contributed by atoms with van der Waals surface area (Å²) in [7, 11) is 0. The molecule has 0 fully saturated rings. The zero-order chi connectivity index (χ0) is 14.8. The van der Waals surface area contributed by atoms with Crippen molar-refractivity contribution in [1.29, 1.82) is 5.26 Å².